The first-order valence-electron chi connectivity index (χ1n) is 6.30. The Labute approximate surface area is 97.0 Å². The number of nitrogens with one attached hydrogen (secondary N) is 1. The average molecular weight is 217 g/mol. The molecule has 86 valence electrons. The fourth-order valence-corrected chi connectivity index (χ4v) is 2.79. The highest BCUT2D eigenvalue weighted by Gasteiger charge is 2.20. The van der Waals surface area contributed by atoms with Crippen molar-refractivity contribution in [1.82, 2.24) is 5.32 Å². The van der Waals surface area contributed by atoms with Gasteiger partial charge in [-0.1, -0.05) is 12.1 Å². The van der Waals surface area contributed by atoms with E-state index < -0.39 is 0 Å². The van der Waals surface area contributed by atoms with E-state index in [-0.39, 0.29) is 0 Å². The fraction of sp³-hybridized carbons (Fsp3) is 0.571. The molecule has 0 saturated carbocycles. The third kappa shape index (κ3) is 1.94. The van der Waals surface area contributed by atoms with E-state index in [4.69, 9.17) is 4.74 Å². The van der Waals surface area contributed by atoms with Gasteiger partial charge in [0.05, 0.1) is 0 Å². The van der Waals surface area contributed by atoms with E-state index in [1.807, 2.05) is 0 Å². The predicted molar refractivity (Wildman–Crippen MR) is 64.9 cm³/mol. The van der Waals surface area contributed by atoms with Crippen molar-refractivity contribution in [2.45, 2.75) is 32.3 Å². The molecule has 0 spiro atoms. The van der Waals surface area contributed by atoms with Gasteiger partial charge in [0.1, 0.15) is 11.9 Å². The van der Waals surface area contributed by atoms with E-state index in [1.54, 1.807) is 0 Å². The van der Waals surface area contributed by atoms with Crippen molar-refractivity contribution in [3.63, 3.8) is 0 Å². The Morgan fingerprint density at radius 2 is 2.38 bits per heavy atom. The van der Waals surface area contributed by atoms with E-state index in [1.165, 1.54) is 37.1 Å². The zero-order valence-electron chi connectivity index (χ0n) is 9.83. The van der Waals surface area contributed by atoms with Crippen LogP contribution in [0, 0.1) is 5.92 Å². The van der Waals surface area contributed by atoms with E-state index in [0.29, 0.717) is 6.10 Å². The van der Waals surface area contributed by atoms with Crippen molar-refractivity contribution in [2.75, 3.05) is 13.1 Å². The molecular formula is C14H19NO. The Kier molecular flexibility index (Phi) is 2.60. The molecule has 2 unspecified atom stereocenters. The fourth-order valence-electron chi connectivity index (χ4n) is 2.79. The molecule has 2 aliphatic heterocycles. The first-order chi connectivity index (χ1) is 7.81. The van der Waals surface area contributed by atoms with Crippen molar-refractivity contribution in [3.8, 4) is 5.75 Å². The Morgan fingerprint density at radius 1 is 1.44 bits per heavy atom. The Hall–Kier alpha value is -1.02. The Balaban J connectivity index is 1.74. The lowest BCUT2D eigenvalue weighted by Gasteiger charge is -2.09. The van der Waals surface area contributed by atoms with Gasteiger partial charge in [0.2, 0.25) is 0 Å². The summed E-state index contributed by atoms with van der Waals surface area (Å²) in [5.74, 6) is 1.94. The number of hydrogen-bond acceptors (Lipinski definition) is 2. The third-order valence-corrected chi connectivity index (χ3v) is 3.65. The van der Waals surface area contributed by atoms with Gasteiger partial charge >= 0.3 is 0 Å². The van der Waals surface area contributed by atoms with Gasteiger partial charge in [0.25, 0.3) is 0 Å². The molecule has 2 atom stereocenters. The van der Waals surface area contributed by atoms with Crippen LogP contribution in [0.15, 0.2) is 18.2 Å². The lowest BCUT2D eigenvalue weighted by molar-refractivity contribution is 0.254. The molecule has 1 aromatic carbocycles. The van der Waals surface area contributed by atoms with Crippen LogP contribution in [-0.2, 0) is 12.8 Å². The molecule has 0 aromatic heterocycles. The van der Waals surface area contributed by atoms with Crippen LogP contribution in [0.1, 0.15) is 24.5 Å². The van der Waals surface area contributed by atoms with E-state index in [9.17, 15) is 0 Å². The van der Waals surface area contributed by atoms with E-state index in [0.717, 1.165) is 18.1 Å². The summed E-state index contributed by atoms with van der Waals surface area (Å²) in [5, 5.41) is 3.42. The van der Waals surface area contributed by atoms with Crippen molar-refractivity contribution in [2.24, 2.45) is 5.92 Å². The molecule has 0 amide bonds. The van der Waals surface area contributed by atoms with Crippen molar-refractivity contribution >= 4 is 0 Å². The first-order valence-corrected chi connectivity index (χ1v) is 6.30. The van der Waals surface area contributed by atoms with Gasteiger partial charge in [-0.05, 0) is 56.0 Å². The van der Waals surface area contributed by atoms with Crippen LogP contribution in [-0.4, -0.2) is 19.2 Å². The standard InChI is InChI=1S/C14H19NO/c1-10-6-13-3-2-11(8-14(13)16-10)7-12-4-5-15-9-12/h2-3,8,10,12,15H,4-7,9H2,1H3. The molecule has 0 bridgehead atoms. The summed E-state index contributed by atoms with van der Waals surface area (Å²) >= 11 is 0. The normalized spacial score (nSPS) is 27.8. The van der Waals surface area contributed by atoms with Gasteiger partial charge < -0.3 is 10.1 Å². The minimum Gasteiger partial charge on any atom is -0.490 e. The van der Waals surface area contributed by atoms with Gasteiger partial charge in [-0.2, -0.15) is 0 Å². The average Bonchev–Trinajstić information content (AvgIpc) is 2.85. The van der Waals surface area contributed by atoms with E-state index >= 15 is 0 Å². The molecule has 1 N–H and O–H groups in total. The highest BCUT2D eigenvalue weighted by atomic mass is 16.5. The summed E-state index contributed by atoms with van der Waals surface area (Å²) in [7, 11) is 0. The molecule has 2 nitrogen and oxygen atoms in total. The molecule has 1 aromatic rings. The third-order valence-electron chi connectivity index (χ3n) is 3.65. The lowest BCUT2D eigenvalue weighted by atomic mass is 9.97. The molecule has 2 aliphatic rings. The van der Waals surface area contributed by atoms with Crippen LogP contribution >= 0.6 is 0 Å². The maximum Gasteiger partial charge on any atom is 0.123 e. The van der Waals surface area contributed by atoms with Crippen LogP contribution in [0.3, 0.4) is 0 Å². The van der Waals surface area contributed by atoms with Crippen LogP contribution < -0.4 is 10.1 Å². The summed E-state index contributed by atoms with van der Waals surface area (Å²) in [4.78, 5) is 0. The molecule has 0 radical (unpaired) electrons. The summed E-state index contributed by atoms with van der Waals surface area (Å²) in [6, 6.07) is 6.77. The second kappa shape index (κ2) is 4.10. The molecular weight excluding hydrogens is 198 g/mol. The zero-order chi connectivity index (χ0) is 11.0. The van der Waals surface area contributed by atoms with Crippen molar-refractivity contribution < 1.29 is 4.74 Å². The summed E-state index contributed by atoms with van der Waals surface area (Å²) in [5.41, 5.74) is 2.81. The topological polar surface area (TPSA) is 21.3 Å². The number of ether oxygens (including phenoxy) is 1. The smallest absolute Gasteiger partial charge is 0.123 e. The summed E-state index contributed by atoms with van der Waals surface area (Å²) in [6.07, 6.45) is 3.94. The number of hydrogen-bond donors (Lipinski definition) is 1. The van der Waals surface area contributed by atoms with Gasteiger partial charge in [0, 0.05) is 6.42 Å². The molecule has 0 aliphatic carbocycles. The minimum atomic E-state index is 0.360. The number of rotatable bonds is 2. The van der Waals surface area contributed by atoms with Crippen molar-refractivity contribution in [1.29, 1.82) is 0 Å². The maximum absolute atomic E-state index is 5.80. The van der Waals surface area contributed by atoms with Gasteiger partial charge in [-0.15, -0.1) is 0 Å². The molecule has 3 rings (SSSR count). The van der Waals surface area contributed by atoms with Crippen LogP contribution in [0.4, 0.5) is 0 Å². The number of benzene rings is 1. The Bertz CT molecular complexity index is 382. The summed E-state index contributed by atoms with van der Waals surface area (Å²) < 4.78 is 5.80. The molecule has 1 fully saturated rings. The molecule has 2 heterocycles. The van der Waals surface area contributed by atoms with Crippen LogP contribution in [0.2, 0.25) is 0 Å². The van der Waals surface area contributed by atoms with Gasteiger partial charge in [0.15, 0.2) is 0 Å². The number of fused-ring (bicyclic) bond motifs is 1. The molecule has 1 saturated heterocycles. The van der Waals surface area contributed by atoms with Gasteiger partial charge in [-0.3, -0.25) is 0 Å². The van der Waals surface area contributed by atoms with Crippen LogP contribution in [0.5, 0.6) is 5.75 Å². The maximum atomic E-state index is 5.80. The molecule has 16 heavy (non-hydrogen) atoms. The van der Waals surface area contributed by atoms with Gasteiger partial charge in [-0.25, -0.2) is 0 Å². The largest absolute Gasteiger partial charge is 0.490 e. The molecule has 2 heteroatoms. The highest BCUT2D eigenvalue weighted by Crippen LogP contribution is 2.30. The SMILES string of the molecule is CC1Cc2ccc(CC3CCNC3)cc2O1. The zero-order valence-corrected chi connectivity index (χ0v) is 9.83. The lowest BCUT2D eigenvalue weighted by Crippen LogP contribution is -2.10. The second-order valence-electron chi connectivity index (χ2n) is 5.14. The van der Waals surface area contributed by atoms with Crippen molar-refractivity contribution in [3.05, 3.63) is 29.3 Å². The minimum absolute atomic E-state index is 0.360. The quantitative estimate of drug-likeness (QED) is 0.819. The monoisotopic (exact) mass is 217 g/mol. The van der Waals surface area contributed by atoms with Crippen LogP contribution in [0.25, 0.3) is 0 Å². The predicted octanol–water partition coefficient (Wildman–Crippen LogP) is 2.16. The van der Waals surface area contributed by atoms with E-state index in [2.05, 4.69) is 30.4 Å². The Morgan fingerprint density at radius 3 is 3.19 bits per heavy atom. The summed E-state index contributed by atoms with van der Waals surface area (Å²) in [6.45, 7) is 4.50. The second-order valence-corrected chi connectivity index (χ2v) is 5.14. The first kappa shape index (κ1) is 10.2. The highest BCUT2D eigenvalue weighted by molar-refractivity contribution is 5.41.